The van der Waals surface area contributed by atoms with E-state index < -0.39 is 5.82 Å². The summed E-state index contributed by atoms with van der Waals surface area (Å²) in [5, 5.41) is 0.619. The van der Waals surface area contributed by atoms with E-state index in [0.29, 0.717) is 16.5 Å². The van der Waals surface area contributed by atoms with Crippen LogP contribution in [0.5, 0.6) is 5.88 Å². The highest BCUT2D eigenvalue weighted by molar-refractivity contribution is 6.31. The number of ether oxygens (including phenoxy) is 1. The van der Waals surface area contributed by atoms with Gasteiger partial charge in [-0.3, -0.25) is 0 Å². The first kappa shape index (κ1) is 12.8. The van der Waals surface area contributed by atoms with E-state index in [2.05, 4.69) is 4.98 Å². The summed E-state index contributed by atoms with van der Waals surface area (Å²) < 4.78 is 18.5. The molecule has 0 bridgehead atoms. The Balaban J connectivity index is 2.13. The quantitative estimate of drug-likeness (QED) is 0.926. The number of nitrogens with two attached hydrogens (primary N) is 1. The maximum Gasteiger partial charge on any atom is 0.218 e. The Morgan fingerprint density at radius 3 is 2.78 bits per heavy atom. The summed E-state index contributed by atoms with van der Waals surface area (Å²) >= 11 is 6.00. The van der Waals surface area contributed by atoms with Gasteiger partial charge in [0.2, 0.25) is 5.88 Å². The summed E-state index contributed by atoms with van der Waals surface area (Å²) in [6.45, 7) is 0.438. The van der Waals surface area contributed by atoms with E-state index in [9.17, 15) is 4.39 Å². The fourth-order valence-electron chi connectivity index (χ4n) is 1.51. The highest BCUT2D eigenvalue weighted by Gasteiger charge is 2.07. The van der Waals surface area contributed by atoms with Crippen molar-refractivity contribution >= 4 is 11.6 Å². The molecule has 0 saturated carbocycles. The minimum absolute atomic E-state index is 0.169. The van der Waals surface area contributed by atoms with Crippen molar-refractivity contribution in [1.29, 1.82) is 0 Å². The van der Waals surface area contributed by atoms with Gasteiger partial charge in [0.25, 0.3) is 0 Å². The zero-order valence-electron chi connectivity index (χ0n) is 9.57. The van der Waals surface area contributed by atoms with Crippen molar-refractivity contribution in [3.63, 3.8) is 0 Å². The van der Waals surface area contributed by atoms with Crippen molar-refractivity contribution in [3.8, 4) is 5.88 Å². The van der Waals surface area contributed by atoms with Crippen LogP contribution in [0.4, 0.5) is 4.39 Å². The van der Waals surface area contributed by atoms with Crippen LogP contribution in [-0.2, 0) is 13.2 Å². The molecule has 0 spiro atoms. The first-order chi connectivity index (χ1) is 8.70. The highest BCUT2D eigenvalue weighted by atomic mass is 35.5. The summed E-state index contributed by atoms with van der Waals surface area (Å²) in [6.07, 6.45) is 1.10. The molecule has 5 heteroatoms. The number of rotatable bonds is 4. The molecule has 2 aromatic rings. The third-order valence-electron chi connectivity index (χ3n) is 2.43. The van der Waals surface area contributed by atoms with E-state index >= 15 is 0 Å². The van der Waals surface area contributed by atoms with E-state index in [1.165, 1.54) is 6.07 Å². The molecule has 0 aliphatic carbocycles. The van der Waals surface area contributed by atoms with Crippen LogP contribution < -0.4 is 10.5 Å². The number of halogens is 2. The summed E-state index contributed by atoms with van der Waals surface area (Å²) in [5.74, 6) is -0.0978. The Kier molecular flexibility index (Phi) is 4.12. The SMILES string of the molecule is NCc1cc(F)cnc1OCc1ccccc1Cl. The van der Waals surface area contributed by atoms with E-state index in [1.54, 1.807) is 6.07 Å². The Bertz CT molecular complexity index is 548. The molecule has 1 heterocycles. The number of hydrogen-bond acceptors (Lipinski definition) is 3. The van der Waals surface area contributed by atoms with Gasteiger partial charge in [0.05, 0.1) is 6.20 Å². The molecule has 1 aromatic carbocycles. The molecule has 0 atom stereocenters. The molecular weight excluding hydrogens is 255 g/mol. The molecule has 0 aliphatic heterocycles. The number of nitrogens with zero attached hydrogens (tertiary/aromatic N) is 1. The summed E-state index contributed by atoms with van der Waals surface area (Å²) in [5.41, 5.74) is 6.88. The van der Waals surface area contributed by atoms with E-state index in [-0.39, 0.29) is 13.2 Å². The van der Waals surface area contributed by atoms with Crippen molar-refractivity contribution in [3.05, 3.63) is 58.5 Å². The average Bonchev–Trinajstić information content (AvgIpc) is 2.39. The zero-order chi connectivity index (χ0) is 13.0. The molecule has 18 heavy (non-hydrogen) atoms. The summed E-state index contributed by atoms with van der Waals surface area (Å²) in [7, 11) is 0. The first-order valence-corrected chi connectivity index (χ1v) is 5.79. The maximum absolute atomic E-state index is 13.0. The lowest BCUT2D eigenvalue weighted by Crippen LogP contribution is -2.05. The summed E-state index contributed by atoms with van der Waals surface area (Å²) in [6, 6.07) is 8.66. The second-order valence-corrected chi connectivity index (χ2v) is 4.11. The van der Waals surface area contributed by atoms with Crippen LogP contribution in [0.3, 0.4) is 0 Å². The normalized spacial score (nSPS) is 10.4. The fourth-order valence-corrected chi connectivity index (χ4v) is 1.70. The highest BCUT2D eigenvalue weighted by Crippen LogP contribution is 2.20. The van der Waals surface area contributed by atoms with Gasteiger partial charge in [0.1, 0.15) is 12.4 Å². The van der Waals surface area contributed by atoms with Crippen LogP contribution in [-0.4, -0.2) is 4.98 Å². The molecule has 0 saturated heterocycles. The van der Waals surface area contributed by atoms with Crippen LogP contribution >= 0.6 is 11.6 Å². The van der Waals surface area contributed by atoms with Crippen molar-refractivity contribution in [2.24, 2.45) is 5.73 Å². The Morgan fingerprint density at radius 2 is 2.06 bits per heavy atom. The molecule has 2 N–H and O–H groups in total. The third-order valence-corrected chi connectivity index (χ3v) is 2.80. The molecule has 3 nitrogen and oxygen atoms in total. The van der Waals surface area contributed by atoms with Crippen LogP contribution in [0.1, 0.15) is 11.1 Å². The Labute approximate surface area is 109 Å². The van der Waals surface area contributed by atoms with Gasteiger partial charge in [-0.1, -0.05) is 29.8 Å². The summed E-state index contributed by atoms with van der Waals surface area (Å²) in [4.78, 5) is 3.87. The maximum atomic E-state index is 13.0. The van der Waals surface area contributed by atoms with Crippen LogP contribution in [0.2, 0.25) is 5.02 Å². The fraction of sp³-hybridized carbons (Fsp3) is 0.154. The minimum atomic E-state index is -0.430. The molecule has 0 fully saturated rings. The van der Waals surface area contributed by atoms with Gasteiger partial charge >= 0.3 is 0 Å². The second kappa shape index (κ2) is 5.80. The largest absolute Gasteiger partial charge is 0.473 e. The zero-order valence-corrected chi connectivity index (χ0v) is 10.3. The number of pyridine rings is 1. The van der Waals surface area contributed by atoms with E-state index in [0.717, 1.165) is 11.8 Å². The van der Waals surface area contributed by atoms with Crippen LogP contribution in [0.15, 0.2) is 36.5 Å². The molecule has 0 aliphatic rings. The Morgan fingerprint density at radius 1 is 1.28 bits per heavy atom. The Hall–Kier alpha value is -1.65. The lowest BCUT2D eigenvalue weighted by molar-refractivity contribution is 0.289. The van der Waals surface area contributed by atoms with Crippen molar-refractivity contribution in [2.45, 2.75) is 13.2 Å². The number of benzene rings is 1. The molecular formula is C13H12ClFN2O. The first-order valence-electron chi connectivity index (χ1n) is 5.41. The van der Waals surface area contributed by atoms with Gasteiger partial charge in [-0.05, 0) is 12.1 Å². The predicted molar refractivity (Wildman–Crippen MR) is 67.9 cm³/mol. The molecule has 0 unspecified atom stereocenters. The molecule has 0 amide bonds. The molecule has 1 aromatic heterocycles. The van der Waals surface area contributed by atoms with Gasteiger partial charge < -0.3 is 10.5 Å². The van der Waals surface area contributed by atoms with Crippen molar-refractivity contribution in [2.75, 3.05) is 0 Å². The smallest absolute Gasteiger partial charge is 0.218 e. The monoisotopic (exact) mass is 266 g/mol. The number of hydrogen-bond donors (Lipinski definition) is 1. The van der Waals surface area contributed by atoms with Crippen LogP contribution in [0, 0.1) is 5.82 Å². The van der Waals surface area contributed by atoms with Gasteiger partial charge in [0, 0.05) is 22.7 Å². The van der Waals surface area contributed by atoms with Crippen LogP contribution in [0.25, 0.3) is 0 Å². The lowest BCUT2D eigenvalue weighted by atomic mass is 10.2. The lowest BCUT2D eigenvalue weighted by Gasteiger charge is -2.10. The van der Waals surface area contributed by atoms with Gasteiger partial charge in [-0.25, -0.2) is 9.37 Å². The topological polar surface area (TPSA) is 48.1 Å². The third kappa shape index (κ3) is 2.97. The van der Waals surface area contributed by atoms with Gasteiger partial charge in [-0.15, -0.1) is 0 Å². The molecule has 2 rings (SSSR count). The van der Waals surface area contributed by atoms with E-state index in [1.807, 2.05) is 18.2 Å². The predicted octanol–water partition coefficient (Wildman–Crippen LogP) is 2.91. The average molecular weight is 267 g/mol. The van der Waals surface area contributed by atoms with Crippen molar-refractivity contribution in [1.82, 2.24) is 4.98 Å². The second-order valence-electron chi connectivity index (χ2n) is 3.70. The molecule has 94 valence electrons. The standard InChI is InChI=1S/C13H12ClFN2O/c14-12-4-2-1-3-9(12)8-18-13-10(6-16)5-11(15)7-17-13/h1-5,7H,6,8,16H2. The van der Waals surface area contributed by atoms with Crippen molar-refractivity contribution < 1.29 is 9.13 Å². The number of aromatic nitrogens is 1. The van der Waals surface area contributed by atoms with E-state index in [4.69, 9.17) is 22.1 Å². The van der Waals surface area contributed by atoms with Gasteiger partial charge in [-0.2, -0.15) is 0 Å². The van der Waals surface area contributed by atoms with Gasteiger partial charge in [0.15, 0.2) is 0 Å². The molecule has 0 radical (unpaired) electrons. The minimum Gasteiger partial charge on any atom is -0.473 e.